The molecule has 258 valence electrons. The van der Waals surface area contributed by atoms with Gasteiger partial charge in [0.05, 0.1) is 24.9 Å². The predicted molar refractivity (Wildman–Crippen MR) is 169 cm³/mol. The van der Waals surface area contributed by atoms with E-state index >= 15 is 0 Å². The minimum atomic E-state index is -2.34. The van der Waals surface area contributed by atoms with Gasteiger partial charge in [-0.25, -0.2) is 22.0 Å². The molecule has 4 aromatic rings. The van der Waals surface area contributed by atoms with Crippen molar-refractivity contribution in [3.63, 3.8) is 0 Å². The van der Waals surface area contributed by atoms with E-state index in [0.717, 1.165) is 28.8 Å². The number of amides is 1. The fourth-order valence-corrected chi connectivity index (χ4v) is 6.40. The number of hydrogen-bond donors (Lipinski definition) is 3. The fraction of sp³-hybridized carbons (Fsp3) is 0.324. The number of ether oxygens (including phenoxy) is 2. The third-order valence-corrected chi connectivity index (χ3v) is 9.20. The van der Waals surface area contributed by atoms with E-state index < -0.39 is 46.8 Å². The van der Waals surface area contributed by atoms with Crippen molar-refractivity contribution < 1.29 is 46.4 Å². The smallest absolute Gasteiger partial charge is 0.257 e. The first-order chi connectivity index (χ1) is 23.5. The number of rotatable bonds is 9. The number of aliphatic hydroxyl groups excluding tert-OH is 2. The zero-order chi connectivity index (χ0) is 34.8. The molecule has 2 aliphatic heterocycles. The number of carbonyl (C=O) groups excluding carboxylic acids is 1. The Kier molecular flexibility index (Phi) is 10.4. The van der Waals surface area contributed by atoms with E-state index in [9.17, 15) is 37.0 Å². The Morgan fingerprint density at radius 1 is 0.857 bits per heavy atom. The Labute approximate surface area is 279 Å². The normalized spacial score (nSPS) is 22.7. The van der Waals surface area contributed by atoms with E-state index in [4.69, 9.17) is 9.47 Å². The molecule has 0 saturated carbocycles. The summed E-state index contributed by atoms with van der Waals surface area (Å²) in [5, 5.41) is 21.9. The van der Waals surface area contributed by atoms with Crippen LogP contribution in [0.25, 0.3) is 11.1 Å². The van der Waals surface area contributed by atoms with E-state index in [1.165, 1.54) is 0 Å². The molecule has 0 spiro atoms. The first-order valence-corrected chi connectivity index (χ1v) is 15.9. The first kappa shape index (κ1) is 34.7. The van der Waals surface area contributed by atoms with Crippen LogP contribution in [0.4, 0.5) is 22.0 Å². The van der Waals surface area contributed by atoms with Crippen molar-refractivity contribution in [2.24, 2.45) is 5.92 Å². The molecule has 1 amide bonds. The minimum absolute atomic E-state index is 0.0276. The van der Waals surface area contributed by atoms with Crippen molar-refractivity contribution in [3.05, 3.63) is 130 Å². The van der Waals surface area contributed by atoms with Crippen LogP contribution in [-0.2, 0) is 22.6 Å². The minimum Gasteiger partial charge on any atom is -0.392 e. The van der Waals surface area contributed by atoms with Crippen molar-refractivity contribution in [3.8, 4) is 11.1 Å². The van der Waals surface area contributed by atoms with Gasteiger partial charge in [-0.2, -0.15) is 0 Å². The Balaban J connectivity index is 1.21. The Bertz CT molecular complexity index is 1780. The number of benzene rings is 4. The van der Waals surface area contributed by atoms with Gasteiger partial charge in [0.2, 0.25) is 5.82 Å². The highest BCUT2D eigenvalue weighted by atomic mass is 19.2. The van der Waals surface area contributed by atoms with E-state index in [1.54, 1.807) is 24.3 Å². The lowest BCUT2D eigenvalue weighted by Crippen LogP contribution is -2.44. The third-order valence-electron chi connectivity index (χ3n) is 9.20. The summed E-state index contributed by atoms with van der Waals surface area (Å²) < 4.78 is 82.3. The summed E-state index contributed by atoms with van der Waals surface area (Å²) in [6.45, 7) is 3.70. The van der Waals surface area contributed by atoms with Gasteiger partial charge >= 0.3 is 0 Å². The molecule has 2 fully saturated rings. The second-order valence-electron chi connectivity index (χ2n) is 12.4. The zero-order valence-corrected chi connectivity index (χ0v) is 26.5. The van der Waals surface area contributed by atoms with Crippen molar-refractivity contribution in [1.82, 2.24) is 10.2 Å². The maximum Gasteiger partial charge on any atom is 0.257 e. The SMILES string of the molecule is C[C@@H]1[C@H](CN2CC[C@H](O)C2)O[C@H](c2ccc(-c3ccccc3CNC(=O)c3c(F)c(F)c(F)c(F)c3F)cc2)O[C@@H]1c1ccc(CO)cc1. The average Bonchev–Trinajstić information content (AvgIpc) is 3.54. The maximum atomic E-state index is 14.2. The Hall–Kier alpha value is -4.20. The van der Waals surface area contributed by atoms with Crippen LogP contribution in [0.2, 0.25) is 0 Å². The molecular formula is C37H35F5N2O5. The van der Waals surface area contributed by atoms with Crippen LogP contribution in [0, 0.1) is 35.0 Å². The van der Waals surface area contributed by atoms with Crippen LogP contribution in [0.15, 0.2) is 72.8 Å². The van der Waals surface area contributed by atoms with Gasteiger partial charge in [-0.3, -0.25) is 9.69 Å². The molecule has 7 nitrogen and oxygen atoms in total. The van der Waals surface area contributed by atoms with E-state index in [1.807, 2.05) is 48.5 Å². The van der Waals surface area contributed by atoms with Crippen LogP contribution in [-0.4, -0.2) is 52.9 Å². The molecule has 5 atom stereocenters. The third kappa shape index (κ3) is 7.24. The molecule has 12 heteroatoms. The van der Waals surface area contributed by atoms with Gasteiger partial charge in [-0.15, -0.1) is 0 Å². The maximum absolute atomic E-state index is 14.2. The lowest BCUT2D eigenvalue weighted by Gasteiger charge is -2.42. The van der Waals surface area contributed by atoms with E-state index in [-0.39, 0.29) is 37.4 Å². The number of likely N-dealkylation sites (tertiary alicyclic amines) is 1. The molecule has 2 aliphatic rings. The standard InChI is InChI=1S/C37H35F5N2O5/c1-20-28(18-44-15-14-26(46)17-44)48-37(49-35(20)23-8-6-21(19-45)7-9-23)24-12-10-22(11-13-24)27-5-3-2-4-25(27)16-43-36(47)29-30(38)32(40)34(42)33(41)31(29)39/h2-13,20,26,28,35,37,45-46H,14-19H2,1H3,(H,43,47)/t20-,26+,28+,35+,37+/m1/s1. The van der Waals surface area contributed by atoms with Gasteiger partial charge in [-0.05, 0) is 34.2 Å². The number of nitrogens with zero attached hydrogens (tertiary/aromatic N) is 1. The van der Waals surface area contributed by atoms with Gasteiger partial charge in [0, 0.05) is 37.7 Å². The first-order valence-electron chi connectivity index (χ1n) is 15.9. The van der Waals surface area contributed by atoms with Crippen LogP contribution in [0.5, 0.6) is 0 Å². The highest BCUT2D eigenvalue weighted by Gasteiger charge is 2.40. The predicted octanol–water partition coefficient (Wildman–Crippen LogP) is 6.33. The molecule has 4 aromatic carbocycles. The number of carbonyl (C=O) groups is 1. The summed E-state index contributed by atoms with van der Waals surface area (Å²) in [6.07, 6.45) is -0.912. The van der Waals surface area contributed by atoms with Gasteiger partial charge in [0.25, 0.3) is 5.91 Å². The number of hydrogen-bond acceptors (Lipinski definition) is 6. The van der Waals surface area contributed by atoms with Crippen LogP contribution in [0.3, 0.4) is 0 Å². The topological polar surface area (TPSA) is 91.3 Å². The van der Waals surface area contributed by atoms with Crippen molar-refractivity contribution in [2.75, 3.05) is 19.6 Å². The quantitative estimate of drug-likeness (QED) is 0.109. The van der Waals surface area contributed by atoms with Gasteiger partial charge < -0.3 is 25.0 Å². The van der Waals surface area contributed by atoms with Gasteiger partial charge in [0.1, 0.15) is 5.56 Å². The lowest BCUT2D eigenvalue weighted by atomic mass is 9.90. The summed E-state index contributed by atoms with van der Waals surface area (Å²) in [4.78, 5) is 14.8. The Morgan fingerprint density at radius 3 is 2.12 bits per heavy atom. The number of β-amino-alcohol motifs (C(OH)–C–C–N with tert-alkyl or cyclic N) is 1. The lowest BCUT2D eigenvalue weighted by molar-refractivity contribution is -0.276. The Morgan fingerprint density at radius 2 is 1.49 bits per heavy atom. The molecule has 0 bridgehead atoms. The molecular weight excluding hydrogens is 647 g/mol. The monoisotopic (exact) mass is 682 g/mol. The summed E-state index contributed by atoms with van der Waals surface area (Å²) >= 11 is 0. The molecule has 49 heavy (non-hydrogen) atoms. The molecule has 2 heterocycles. The van der Waals surface area contributed by atoms with E-state index in [0.29, 0.717) is 30.6 Å². The van der Waals surface area contributed by atoms with Crippen LogP contribution < -0.4 is 5.32 Å². The van der Waals surface area contributed by atoms with Crippen molar-refractivity contribution >= 4 is 5.91 Å². The van der Waals surface area contributed by atoms with E-state index in [2.05, 4.69) is 17.1 Å². The molecule has 6 rings (SSSR count). The highest BCUT2D eigenvalue weighted by Crippen LogP contribution is 2.42. The van der Waals surface area contributed by atoms with Crippen LogP contribution >= 0.6 is 0 Å². The molecule has 0 radical (unpaired) electrons. The molecule has 0 aromatic heterocycles. The number of halogens is 5. The number of nitrogens with one attached hydrogen (secondary N) is 1. The van der Waals surface area contributed by atoms with Crippen LogP contribution in [0.1, 0.15) is 58.4 Å². The molecule has 0 unspecified atom stereocenters. The molecule has 3 N–H and O–H groups in total. The van der Waals surface area contributed by atoms with Crippen molar-refractivity contribution in [1.29, 1.82) is 0 Å². The summed E-state index contributed by atoms with van der Waals surface area (Å²) in [7, 11) is 0. The summed E-state index contributed by atoms with van der Waals surface area (Å²) in [5.74, 6) is -12.6. The number of aliphatic hydroxyl groups is 2. The summed E-state index contributed by atoms with van der Waals surface area (Å²) in [6, 6.07) is 21.9. The molecule has 0 aliphatic carbocycles. The molecule has 2 saturated heterocycles. The van der Waals surface area contributed by atoms with Crippen molar-refractivity contribution in [2.45, 2.75) is 51.1 Å². The average molecular weight is 683 g/mol. The second-order valence-corrected chi connectivity index (χ2v) is 12.4. The highest BCUT2D eigenvalue weighted by molar-refractivity contribution is 5.95. The zero-order valence-electron chi connectivity index (χ0n) is 26.5. The summed E-state index contributed by atoms with van der Waals surface area (Å²) in [5.41, 5.74) is 2.85. The largest absolute Gasteiger partial charge is 0.392 e. The van der Waals surface area contributed by atoms with Gasteiger partial charge in [-0.1, -0.05) is 79.7 Å². The van der Waals surface area contributed by atoms with Gasteiger partial charge in [0.15, 0.2) is 29.6 Å². The second kappa shape index (κ2) is 14.7. The fourth-order valence-electron chi connectivity index (χ4n) is 6.40.